The second-order valence-electron chi connectivity index (χ2n) is 10.7. The summed E-state index contributed by atoms with van der Waals surface area (Å²) in [4.78, 5) is 5.00. The molecule has 0 radical (unpaired) electrons. The van der Waals surface area contributed by atoms with Crippen molar-refractivity contribution in [1.82, 2.24) is 4.90 Å². The first-order valence-electron chi connectivity index (χ1n) is 12.6. The number of rotatable bonds is 5. The molecule has 1 aromatic carbocycles. The average molecular weight is 397 g/mol. The Kier molecular flexibility index (Phi) is 7.21. The number of hydrogen-bond donors (Lipinski definition) is 0. The van der Waals surface area contributed by atoms with Gasteiger partial charge in [-0.3, -0.25) is 0 Å². The van der Waals surface area contributed by atoms with E-state index in [1.54, 1.807) is 0 Å². The number of para-hydroxylation sites is 1. The van der Waals surface area contributed by atoms with Crippen LogP contribution in [0, 0.1) is 23.7 Å². The second kappa shape index (κ2) is 9.86. The smallest absolute Gasteiger partial charge is 0.0366 e. The van der Waals surface area contributed by atoms with E-state index in [4.69, 9.17) is 0 Å². The van der Waals surface area contributed by atoms with Gasteiger partial charge < -0.3 is 9.80 Å². The molecule has 3 aliphatic rings. The summed E-state index contributed by atoms with van der Waals surface area (Å²) in [6, 6.07) is 12.6. The lowest BCUT2D eigenvalue weighted by Gasteiger charge is -2.43. The SMILES string of the molecule is CN(C)C1CCC(C2CCC(C3CCC(N(C)c4ccccc4)CC3)CC2)CC1. The van der Waals surface area contributed by atoms with E-state index in [0.717, 1.165) is 35.8 Å². The molecule has 0 bridgehead atoms. The Morgan fingerprint density at radius 2 is 0.897 bits per heavy atom. The van der Waals surface area contributed by atoms with Crippen molar-refractivity contribution >= 4 is 5.69 Å². The molecule has 0 unspecified atom stereocenters. The molecule has 29 heavy (non-hydrogen) atoms. The maximum Gasteiger partial charge on any atom is 0.0366 e. The van der Waals surface area contributed by atoms with Crippen molar-refractivity contribution in [3.63, 3.8) is 0 Å². The molecule has 2 heteroatoms. The van der Waals surface area contributed by atoms with Crippen molar-refractivity contribution < 1.29 is 0 Å². The van der Waals surface area contributed by atoms with Crippen LogP contribution >= 0.6 is 0 Å². The summed E-state index contributed by atoms with van der Waals surface area (Å²) in [5, 5.41) is 0. The van der Waals surface area contributed by atoms with Crippen molar-refractivity contribution in [2.75, 3.05) is 26.0 Å². The lowest BCUT2D eigenvalue weighted by Crippen LogP contribution is -2.38. The molecule has 0 saturated heterocycles. The average Bonchev–Trinajstić information content (AvgIpc) is 2.79. The molecule has 0 amide bonds. The van der Waals surface area contributed by atoms with E-state index in [0.29, 0.717) is 0 Å². The molecule has 0 spiro atoms. The molecule has 162 valence electrons. The monoisotopic (exact) mass is 396 g/mol. The van der Waals surface area contributed by atoms with Gasteiger partial charge >= 0.3 is 0 Å². The third-order valence-electron chi connectivity index (χ3n) is 9.07. The van der Waals surface area contributed by atoms with Crippen LogP contribution in [0.3, 0.4) is 0 Å². The van der Waals surface area contributed by atoms with Crippen molar-refractivity contribution in [1.29, 1.82) is 0 Å². The Hall–Kier alpha value is -1.02. The maximum atomic E-state index is 2.54. The Morgan fingerprint density at radius 3 is 1.31 bits per heavy atom. The molecular formula is C27H44N2. The van der Waals surface area contributed by atoms with Gasteiger partial charge in [0.2, 0.25) is 0 Å². The topological polar surface area (TPSA) is 6.48 Å². The summed E-state index contributed by atoms with van der Waals surface area (Å²) >= 11 is 0. The van der Waals surface area contributed by atoms with Gasteiger partial charge in [-0.25, -0.2) is 0 Å². The van der Waals surface area contributed by atoms with Crippen LogP contribution in [0.1, 0.15) is 77.0 Å². The first-order chi connectivity index (χ1) is 14.1. The van der Waals surface area contributed by atoms with Gasteiger partial charge in [0.05, 0.1) is 0 Å². The van der Waals surface area contributed by atoms with Gasteiger partial charge in [0, 0.05) is 24.8 Å². The molecule has 0 heterocycles. The normalized spacial score (nSPS) is 36.1. The molecule has 2 nitrogen and oxygen atoms in total. The van der Waals surface area contributed by atoms with E-state index in [-0.39, 0.29) is 0 Å². The van der Waals surface area contributed by atoms with Gasteiger partial charge in [-0.1, -0.05) is 18.2 Å². The van der Waals surface area contributed by atoms with Crippen LogP contribution in [0.15, 0.2) is 30.3 Å². The lowest BCUT2D eigenvalue weighted by molar-refractivity contribution is 0.100. The number of hydrogen-bond acceptors (Lipinski definition) is 2. The van der Waals surface area contributed by atoms with Gasteiger partial charge in [0.25, 0.3) is 0 Å². The molecule has 0 aromatic heterocycles. The fourth-order valence-electron chi connectivity index (χ4n) is 7.01. The molecule has 0 aliphatic heterocycles. The minimum Gasteiger partial charge on any atom is -0.372 e. The van der Waals surface area contributed by atoms with E-state index < -0.39 is 0 Å². The first-order valence-corrected chi connectivity index (χ1v) is 12.6. The van der Waals surface area contributed by atoms with Gasteiger partial charge in [-0.2, -0.15) is 0 Å². The van der Waals surface area contributed by atoms with Crippen LogP contribution in [-0.2, 0) is 0 Å². The highest BCUT2D eigenvalue weighted by Gasteiger charge is 2.35. The standard InChI is InChI=1S/C27H44N2/c1-28(2)25-17-13-23(14-18-25)21-9-11-22(12-10-21)24-15-19-27(20-16-24)29(3)26-7-5-4-6-8-26/h4-8,21-25,27H,9-20H2,1-3H3. The Balaban J connectivity index is 1.19. The Morgan fingerprint density at radius 1 is 0.517 bits per heavy atom. The predicted molar refractivity (Wildman–Crippen MR) is 125 cm³/mol. The van der Waals surface area contributed by atoms with Crippen LogP contribution in [0.2, 0.25) is 0 Å². The van der Waals surface area contributed by atoms with Crippen molar-refractivity contribution in [2.24, 2.45) is 23.7 Å². The zero-order valence-corrected chi connectivity index (χ0v) is 19.2. The summed E-state index contributed by atoms with van der Waals surface area (Å²) in [7, 11) is 6.83. The molecule has 3 fully saturated rings. The second-order valence-corrected chi connectivity index (χ2v) is 10.7. The zero-order valence-electron chi connectivity index (χ0n) is 19.2. The summed E-state index contributed by atoms with van der Waals surface area (Å²) in [6.45, 7) is 0. The van der Waals surface area contributed by atoms with Crippen molar-refractivity contribution in [2.45, 2.75) is 89.1 Å². The van der Waals surface area contributed by atoms with Crippen molar-refractivity contribution in [3.05, 3.63) is 30.3 Å². The highest BCUT2D eigenvalue weighted by atomic mass is 15.1. The largest absolute Gasteiger partial charge is 0.372 e. The van der Waals surface area contributed by atoms with Crippen LogP contribution in [-0.4, -0.2) is 38.1 Å². The quantitative estimate of drug-likeness (QED) is 0.552. The highest BCUT2D eigenvalue weighted by Crippen LogP contribution is 2.45. The van der Waals surface area contributed by atoms with Crippen LogP contribution in [0.25, 0.3) is 0 Å². The van der Waals surface area contributed by atoms with E-state index >= 15 is 0 Å². The molecule has 3 aliphatic carbocycles. The van der Waals surface area contributed by atoms with E-state index in [2.05, 4.69) is 61.3 Å². The summed E-state index contributed by atoms with van der Waals surface area (Å²) in [5.41, 5.74) is 1.39. The van der Waals surface area contributed by atoms with E-state index in [9.17, 15) is 0 Å². The fraction of sp³-hybridized carbons (Fsp3) is 0.778. The minimum atomic E-state index is 0.747. The highest BCUT2D eigenvalue weighted by molar-refractivity contribution is 5.46. The number of anilines is 1. The Labute approximate surface area is 180 Å². The van der Waals surface area contributed by atoms with Crippen LogP contribution in [0.4, 0.5) is 5.69 Å². The number of nitrogens with zero attached hydrogens (tertiary/aromatic N) is 2. The third-order valence-corrected chi connectivity index (χ3v) is 9.07. The molecule has 0 atom stereocenters. The molecule has 0 N–H and O–H groups in total. The Bertz CT molecular complexity index is 588. The van der Waals surface area contributed by atoms with Crippen LogP contribution in [0.5, 0.6) is 0 Å². The number of benzene rings is 1. The van der Waals surface area contributed by atoms with E-state index in [1.807, 2.05) is 0 Å². The van der Waals surface area contributed by atoms with Crippen LogP contribution < -0.4 is 4.90 Å². The fourth-order valence-corrected chi connectivity index (χ4v) is 7.01. The lowest BCUT2D eigenvalue weighted by atomic mass is 9.66. The maximum absolute atomic E-state index is 2.54. The summed E-state index contributed by atoms with van der Waals surface area (Å²) in [6.07, 6.45) is 17.7. The van der Waals surface area contributed by atoms with Gasteiger partial charge in [-0.15, -0.1) is 0 Å². The summed E-state index contributed by atoms with van der Waals surface area (Å²) in [5.74, 6) is 4.14. The van der Waals surface area contributed by atoms with E-state index in [1.165, 1.54) is 82.7 Å². The molecular weight excluding hydrogens is 352 g/mol. The third kappa shape index (κ3) is 5.19. The molecule has 3 saturated carbocycles. The zero-order chi connectivity index (χ0) is 20.2. The van der Waals surface area contributed by atoms with Gasteiger partial charge in [0.15, 0.2) is 0 Å². The first kappa shape index (κ1) is 21.2. The summed E-state index contributed by atoms with van der Waals surface area (Å²) < 4.78 is 0. The van der Waals surface area contributed by atoms with Gasteiger partial charge in [-0.05, 0) is 127 Å². The van der Waals surface area contributed by atoms with Crippen molar-refractivity contribution in [3.8, 4) is 0 Å². The molecule has 4 rings (SSSR count). The minimum absolute atomic E-state index is 0.747. The predicted octanol–water partition coefficient (Wildman–Crippen LogP) is 6.61. The molecule has 1 aromatic rings. The van der Waals surface area contributed by atoms with Gasteiger partial charge in [0.1, 0.15) is 0 Å².